The number of furan rings is 1. The highest BCUT2D eigenvalue weighted by molar-refractivity contribution is 8.27. The van der Waals surface area contributed by atoms with Crippen molar-refractivity contribution in [2.24, 2.45) is 0 Å². The van der Waals surface area contributed by atoms with E-state index in [4.69, 9.17) is 28.2 Å². The number of rotatable bonds is 5. The van der Waals surface area contributed by atoms with Gasteiger partial charge in [-0.05, 0) is 36.4 Å². The van der Waals surface area contributed by atoms with Gasteiger partial charge in [-0.1, -0.05) is 35.6 Å². The molecule has 160 valence electrons. The first kappa shape index (κ1) is 21.7. The maximum Gasteiger partial charge on any atom is 0.288 e. The number of carbonyl (C=O) groups is 1. The number of halogens is 1. The van der Waals surface area contributed by atoms with E-state index in [1.54, 1.807) is 18.2 Å². The summed E-state index contributed by atoms with van der Waals surface area (Å²) < 4.78 is 6.00. The Hall–Kier alpha value is -3.54. The smallest absolute Gasteiger partial charge is 0.288 e. The van der Waals surface area contributed by atoms with Gasteiger partial charge in [-0.15, -0.1) is 0 Å². The van der Waals surface area contributed by atoms with Crippen molar-refractivity contribution in [1.82, 2.24) is 0 Å². The third-order valence-electron chi connectivity index (χ3n) is 4.44. The zero-order valence-corrected chi connectivity index (χ0v) is 18.1. The number of hydrogen-bond donors (Lipinski definition) is 0. The average Bonchev–Trinajstić information content (AvgIpc) is 3.32. The highest BCUT2D eigenvalue weighted by Gasteiger charge is 2.33. The normalized spacial score (nSPS) is 14.9. The molecule has 1 fully saturated rings. The molecule has 0 unspecified atom stereocenters. The summed E-state index contributed by atoms with van der Waals surface area (Å²) in [6.07, 6.45) is 1.51. The van der Waals surface area contributed by atoms with Gasteiger partial charge < -0.3 is 4.42 Å². The van der Waals surface area contributed by atoms with E-state index in [1.807, 2.05) is 0 Å². The molecule has 32 heavy (non-hydrogen) atoms. The van der Waals surface area contributed by atoms with Crippen LogP contribution in [-0.4, -0.2) is 20.1 Å². The van der Waals surface area contributed by atoms with Gasteiger partial charge in [0.25, 0.3) is 17.3 Å². The van der Waals surface area contributed by atoms with Crippen molar-refractivity contribution >= 4 is 68.9 Å². The second-order valence-corrected chi connectivity index (χ2v) is 8.50. The number of thiocarbonyl (C=S) groups is 1. The maximum atomic E-state index is 12.9. The van der Waals surface area contributed by atoms with Gasteiger partial charge in [0.2, 0.25) is 0 Å². The minimum absolute atomic E-state index is 0.0143. The maximum absolute atomic E-state index is 12.9. The van der Waals surface area contributed by atoms with Crippen LogP contribution < -0.4 is 4.90 Å². The molecule has 1 aliphatic heterocycles. The number of nitrogens with zero attached hydrogens (tertiary/aromatic N) is 3. The molecule has 12 heteroatoms. The van der Waals surface area contributed by atoms with E-state index in [0.717, 1.165) is 11.8 Å². The van der Waals surface area contributed by atoms with Crippen molar-refractivity contribution in [2.45, 2.75) is 0 Å². The van der Waals surface area contributed by atoms with Crippen molar-refractivity contribution < 1.29 is 19.1 Å². The van der Waals surface area contributed by atoms with Crippen LogP contribution in [0.4, 0.5) is 17.1 Å². The standard InChI is InChI=1S/C20H10ClN3O6S2/c21-15-7-1-11(9-16(15)24(28)29)17-8-6-14(30-17)10-18-19(25)22(20(31)32-18)12-2-4-13(5-3-12)23(26)27/h1-10H/b18-10-. The molecule has 2 heterocycles. The number of benzene rings is 2. The van der Waals surface area contributed by atoms with Gasteiger partial charge in [-0.2, -0.15) is 0 Å². The Kier molecular flexibility index (Phi) is 5.78. The van der Waals surface area contributed by atoms with Crippen molar-refractivity contribution in [3.63, 3.8) is 0 Å². The quantitative estimate of drug-likeness (QED) is 0.191. The molecule has 3 aromatic rings. The minimum Gasteiger partial charge on any atom is -0.457 e. The van der Waals surface area contributed by atoms with Crippen LogP contribution in [-0.2, 0) is 4.79 Å². The summed E-state index contributed by atoms with van der Waals surface area (Å²) in [5, 5.41) is 21.9. The molecule has 0 saturated carbocycles. The Balaban J connectivity index is 1.59. The predicted molar refractivity (Wildman–Crippen MR) is 125 cm³/mol. The van der Waals surface area contributed by atoms with Gasteiger partial charge in [-0.3, -0.25) is 29.9 Å². The van der Waals surface area contributed by atoms with Crippen LogP contribution in [0.15, 0.2) is 63.9 Å². The van der Waals surface area contributed by atoms with E-state index in [1.165, 1.54) is 47.4 Å². The zero-order valence-electron chi connectivity index (χ0n) is 15.8. The number of thioether (sulfide) groups is 1. The van der Waals surface area contributed by atoms with Gasteiger partial charge >= 0.3 is 0 Å². The fourth-order valence-electron chi connectivity index (χ4n) is 2.93. The van der Waals surface area contributed by atoms with Crippen molar-refractivity contribution in [2.75, 3.05) is 4.90 Å². The number of non-ortho nitro benzene ring substituents is 1. The molecule has 1 aromatic heterocycles. The Morgan fingerprint density at radius 1 is 1.03 bits per heavy atom. The molecule has 1 amide bonds. The molecule has 0 atom stereocenters. The van der Waals surface area contributed by atoms with E-state index in [0.29, 0.717) is 27.7 Å². The van der Waals surface area contributed by atoms with Gasteiger partial charge in [0, 0.05) is 29.8 Å². The number of nitro groups is 2. The number of nitro benzene ring substituents is 2. The first-order valence-electron chi connectivity index (χ1n) is 8.81. The Morgan fingerprint density at radius 3 is 2.41 bits per heavy atom. The van der Waals surface area contributed by atoms with Crippen LogP contribution in [0.3, 0.4) is 0 Å². The lowest BCUT2D eigenvalue weighted by molar-refractivity contribution is -0.384. The van der Waals surface area contributed by atoms with Crippen LogP contribution in [0.25, 0.3) is 17.4 Å². The summed E-state index contributed by atoms with van der Waals surface area (Å²) in [5.41, 5.74) is 0.528. The van der Waals surface area contributed by atoms with Crippen LogP contribution in [0.2, 0.25) is 5.02 Å². The monoisotopic (exact) mass is 487 g/mol. The number of anilines is 1. The van der Waals surface area contributed by atoms with Crippen molar-refractivity contribution in [3.05, 3.63) is 90.5 Å². The average molecular weight is 488 g/mol. The fraction of sp³-hybridized carbons (Fsp3) is 0. The molecular formula is C20H10ClN3O6S2. The highest BCUT2D eigenvalue weighted by atomic mass is 35.5. The van der Waals surface area contributed by atoms with E-state index < -0.39 is 15.8 Å². The Morgan fingerprint density at radius 2 is 1.75 bits per heavy atom. The molecule has 4 rings (SSSR count). The molecular weight excluding hydrogens is 478 g/mol. The number of amides is 1. The fourth-order valence-corrected chi connectivity index (χ4v) is 4.40. The van der Waals surface area contributed by atoms with Crippen LogP contribution in [0, 0.1) is 20.2 Å². The topological polar surface area (TPSA) is 120 Å². The summed E-state index contributed by atoms with van der Waals surface area (Å²) in [7, 11) is 0. The second kappa shape index (κ2) is 8.54. The van der Waals surface area contributed by atoms with Gasteiger partial charge in [0.1, 0.15) is 16.5 Å². The largest absolute Gasteiger partial charge is 0.457 e. The molecule has 1 aliphatic rings. The first-order chi connectivity index (χ1) is 15.2. The minimum atomic E-state index is -0.584. The van der Waals surface area contributed by atoms with Gasteiger partial charge in [0.15, 0.2) is 4.32 Å². The van der Waals surface area contributed by atoms with Crippen molar-refractivity contribution in [3.8, 4) is 11.3 Å². The molecule has 2 aromatic carbocycles. The summed E-state index contributed by atoms with van der Waals surface area (Å²) in [6, 6.07) is 13.0. The summed E-state index contributed by atoms with van der Waals surface area (Å²) in [6.45, 7) is 0. The van der Waals surface area contributed by atoms with E-state index in [-0.39, 0.29) is 20.7 Å². The zero-order chi connectivity index (χ0) is 23.0. The third-order valence-corrected chi connectivity index (χ3v) is 6.06. The van der Waals surface area contributed by atoms with E-state index >= 15 is 0 Å². The van der Waals surface area contributed by atoms with Gasteiger partial charge in [0.05, 0.1) is 20.4 Å². The number of hydrogen-bond acceptors (Lipinski definition) is 8. The lowest BCUT2D eigenvalue weighted by Crippen LogP contribution is -2.27. The number of carbonyl (C=O) groups excluding carboxylic acids is 1. The summed E-state index contributed by atoms with van der Waals surface area (Å²) in [4.78, 5) is 35.2. The molecule has 0 radical (unpaired) electrons. The lowest BCUT2D eigenvalue weighted by atomic mass is 10.1. The first-order valence-corrected chi connectivity index (χ1v) is 10.4. The highest BCUT2D eigenvalue weighted by Crippen LogP contribution is 2.37. The molecule has 9 nitrogen and oxygen atoms in total. The van der Waals surface area contributed by atoms with E-state index in [2.05, 4.69) is 0 Å². The van der Waals surface area contributed by atoms with Crippen LogP contribution >= 0.6 is 35.6 Å². The molecule has 0 bridgehead atoms. The Bertz CT molecular complexity index is 1320. The van der Waals surface area contributed by atoms with Crippen LogP contribution in [0.1, 0.15) is 5.76 Å². The SMILES string of the molecule is O=C1/C(=C/c2ccc(-c3ccc(Cl)c([N+](=O)[O-])c3)o2)SC(=S)N1c1ccc([N+](=O)[O-])cc1. The summed E-state index contributed by atoms with van der Waals surface area (Å²) in [5.74, 6) is 0.317. The second-order valence-electron chi connectivity index (χ2n) is 6.42. The molecule has 0 aliphatic carbocycles. The predicted octanol–water partition coefficient (Wildman–Crippen LogP) is 5.82. The van der Waals surface area contributed by atoms with Crippen LogP contribution in [0.5, 0.6) is 0 Å². The lowest BCUT2D eigenvalue weighted by Gasteiger charge is -2.13. The van der Waals surface area contributed by atoms with Gasteiger partial charge in [-0.25, -0.2) is 0 Å². The molecule has 0 spiro atoms. The Labute approximate surface area is 194 Å². The summed E-state index contributed by atoms with van der Waals surface area (Å²) >= 11 is 12.2. The van der Waals surface area contributed by atoms with Crippen molar-refractivity contribution in [1.29, 1.82) is 0 Å². The molecule has 0 N–H and O–H groups in total. The van der Waals surface area contributed by atoms with E-state index in [9.17, 15) is 25.0 Å². The molecule has 1 saturated heterocycles. The third kappa shape index (κ3) is 4.13.